The predicted molar refractivity (Wildman–Crippen MR) is 94.5 cm³/mol. The third-order valence-corrected chi connectivity index (χ3v) is 4.78. The lowest BCUT2D eigenvalue weighted by molar-refractivity contribution is 0.0919. The summed E-state index contributed by atoms with van der Waals surface area (Å²) in [6.45, 7) is 3.17. The summed E-state index contributed by atoms with van der Waals surface area (Å²) in [6, 6.07) is 8.12. The number of piperidine rings is 1. The van der Waals surface area contributed by atoms with Gasteiger partial charge in [0.25, 0.3) is 5.91 Å². The Morgan fingerprint density at radius 2 is 2.00 bits per heavy atom. The Morgan fingerprint density at radius 3 is 2.74 bits per heavy atom. The molecule has 0 spiro atoms. The molecule has 4 nitrogen and oxygen atoms in total. The van der Waals surface area contributed by atoms with Crippen LogP contribution >= 0.6 is 12.4 Å². The molecule has 0 bridgehead atoms. The zero-order valence-corrected chi connectivity index (χ0v) is 14.5. The molecule has 2 atom stereocenters. The van der Waals surface area contributed by atoms with Crippen LogP contribution in [-0.2, 0) is 0 Å². The summed E-state index contributed by atoms with van der Waals surface area (Å²) in [4.78, 5) is 12.5. The number of rotatable bonds is 4. The molecule has 1 saturated heterocycles. The average Bonchev–Trinajstić information content (AvgIpc) is 3.03. The molecule has 1 aliphatic heterocycles. The first kappa shape index (κ1) is 18.1. The molecular formula is C18H27ClN2O2. The first-order chi connectivity index (χ1) is 10.7. The lowest BCUT2D eigenvalue weighted by Crippen LogP contribution is -2.51. The third-order valence-electron chi connectivity index (χ3n) is 4.78. The molecule has 1 heterocycles. The van der Waals surface area contributed by atoms with Crippen LogP contribution in [0.3, 0.4) is 0 Å². The van der Waals surface area contributed by atoms with Gasteiger partial charge >= 0.3 is 0 Å². The highest BCUT2D eigenvalue weighted by Gasteiger charge is 2.23. The van der Waals surface area contributed by atoms with Crippen molar-refractivity contribution >= 4 is 18.3 Å². The van der Waals surface area contributed by atoms with Crippen molar-refractivity contribution in [1.82, 2.24) is 10.6 Å². The SMILES string of the molecule is CC1NCCCC1NC(=O)c1cccc(OC2CCCC2)c1.Cl. The number of hydrogen-bond acceptors (Lipinski definition) is 3. The van der Waals surface area contributed by atoms with E-state index >= 15 is 0 Å². The van der Waals surface area contributed by atoms with Crippen LogP contribution in [0.2, 0.25) is 0 Å². The third kappa shape index (κ3) is 4.85. The molecule has 1 saturated carbocycles. The van der Waals surface area contributed by atoms with Crippen molar-refractivity contribution in [2.24, 2.45) is 0 Å². The Kier molecular flexibility index (Phi) is 6.72. The molecule has 2 aliphatic rings. The van der Waals surface area contributed by atoms with Crippen LogP contribution in [0.15, 0.2) is 24.3 Å². The van der Waals surface area contributed by atoms with Gasteiger partial charge in [0.15, 0.2) is 0 Å². The second-order valence-electron chi connectivity index (χ2n) is 6.52. The lowest BCUT2D eigenvalue weighted by Gasteiger charge is -2.30. The molecule has 2 fully saturated rings. The quantitative estimate of drug-likeness (QED) is 0.885. The largest absolute Gasteiger partial charge is 0.490 e. The zero-order valence-electron chi connectivity index (χ0n) is 13.7. The Balaban J connectivity index is 0.00000192. The molecular weight excluding hydrogens is 312 g/mol. The van der Waals surface area contributed by atoms with Gasteiger partial charge in [-0.05, 0) is 70.2 Å². The number of benzene rings is 1. The Morgan fingerprint density at radius 1 is 1.22 bits per heavy atom. The fourth-order valence-corrected chi connectivity index (χ4v) is 3.40. The fourth-order valence-electron chi connectivity index (χ4n) is 3.40. The molecule has 2 N–H and O–H groups in total. The molecule has 128 valence electrons. The summed E-state index contributed by atoms with van der Waals surface area (Å²) in [6.07, 6.45) is 7.22. The standard InChI is InChI=1S/C18H26N2O2.ClH/c1-13-17(10-5-11-19-13)20-18(21)14-6-4-9-16(12-14)22-15-7-2-3-8-15;/h4,6,9,12-13,15,17,19H,2-3,5,7-8,10-11H2,1H3,(H,20,21);1H. The molecule has 23 heavy (non-hydrogen) atoms. The van der Waals surface area contributed by atoms with Crippen LogP contribution in [0.1, 0.15) is 55.8 Å². The molecule has 2 unspecified atom stereocenters. The van der Waals surface area contributed by atoms with Gasteiger partial charge in [0.05, 0.1) is 6.10 Å². The van der Waals surface area contributed by atoms with Gasteiger partial charge in [0, 0.05) is 17.6 Å². The Bertz CT molecular complexity index is 517. The van der Waals surface area contributed by atoms with Gasteiger partial charge in [-0.25, -0.2) is 0 Å². The number of carbonyl (C=O) groups is 1. The van der Waals surface area contributed by atoms with Gasteiger partial charge in [0.2, 0.25) is 0 Å². The number of hydrogen-bond donors (Lipinski definition) is 2. The fraction of sp³-hybridized carbons (Fsp3) is 0.611. The molecule has 1 aliphatic carbocycles. The molecule has 1 amide bonds. The first-order valence-electron chi connectivity index (χ1n) is 8.53. The van der Waals surface area contributed by atoms with Crippen molar-refractivity contribution in [3.05, 3.63) is 29.8 Å². The summed E-state index contributed by atoms with van der Waals surface area (Å²) < 4.78 is 5.98. The topological polar surface area (TPSA) is 50.4 Å². The van der Waals surface area contributed by atoms with E-state index < -0.39 is 0 Å². The second kappa shape index (κ2) is 8.55. The van der Waals surface area contributed by atoms with Crippen LogP contribution < -0.4 is 15.4 Å². The lowest BCUT2D eigenvalue weighted by atomic mass is 9.99. The summed E-state index contributed by atoms with van der Waals surface area (Å²) in [5.41, 5.74) is 0.688. The normalized spacial score (nSPS) is 24.7. The highest BCUT2D eigenvalue weighted by molar-refractivity contribution is 5.94. The van der Waals surface area contributed by atoms with E-state index in [-0.39, 0.29) is 24.4 Å². The van der Waals surface area contributed by atoms with Crippen molar-refractivity contribution in [2.75, 3.05) is 6.54 Å². The molecule has 3 rings (SSSR count). The van der Waals surface area contributed by atoms with Crippen LogP contribution in [0.4, 0.5) is 0 Å². The minimum atomic E-state index is -0.00239. The molecule has 5 heteroatoms. The van der Waals surface area contributed by atoms with Gasteiger partial charge in [0.1, 0.15) is 5.75 Å². The number of amides is 1. The average molecular weight is 339 g/mol. The maximum Gasteiger partial charge on any atom is 0.251 e. The summed E-state index contributed by atoms with van der Waals surface area (Å²) in [7, 11) is 0. The predicted octanol–water partition coefficient (Wildman–Crippen LogP) is 3.30. The minimum Gasteiger partial charge on any atom is -0.490 e. The van der Waals surface area contributed by atoms with E-state index in [1.165, 1.54) is 12.8 Å². The van der Waals surface area contributed by atoms with Crippen molar-refractivity contribution < 1.29 is 9.53 Å². The van der Waals surface area contributed by atoms with Gasteiger partial charge in [-0.1, -0.05) is 6.07 Å². The van der Waals surface area contributed by atoms with E-state index in [0.717, 1.165) is 38.0 Å². The highest BCUT2D eigenvalue weighted by Crippen LogP contribution is 2.24. The van der Waals surface area contributed by atoms with Gasteiger partial charge in [-0.15, -0.1) is 12.4 Å². The molecule has 0 radical (unpaired) electrons. The minimum absolute atomic E-state index is 0. The maximum absolute atomic E-state index is 12.5. The van der Waals surface area contributed by atoms with E-state index in [1.807, 2.05) is 24.3 Å². The summed E-state index contributed by atoms with van der Waals surface area (Å²) >= 11 is 0. The number of carbonyl (C=O) groups excluding carboxylic acids is 1. The van der Waals surface area contributed by atoms with E-state index in [0.29, 0.717) is 17.7 Å². The van der Waals surface area contributed by atoms with E-state index in [4.69, 9.17) is 4.74 Å². The summed E-state index contributed by atoms with van der Waals surface area (Å²) in [5, 5.41) is 6.56. The van der Waals surface area contributed by atoms with Crippen molar-refractivity contribution in [3.8, 4) is 5.75 Å². The molecule has 1 aromatic carbocycles. The molecule has 1 aromatic rings. The smallest absolute Gasteiger partial charge is 0.251 e. The van der Waals surface area contributed by atoms with Crippen LogP contribution in [0, 0.1) is 0 Å². The number of nitrogens with one attached hydrogen (secondary N) is 2. The molecule has 0 aromatic heterocycles. The van der Waals surface area contributed by atoms with Crippen molar-refractivity contribution in [2.45, 2.75) is 63.6 Å². The maximum atomic E-state index is 12.5. The van der Waals surface area contributed by atoms with E-state index in [1.54, 1.807) is 0 Å². The van der Waals surface area contributed by atoms with Crippen LogP contribution in [0.5, 0.6) is 5.75 Å². The van der Waals surface area contributed by atoms with Crippen molar-refractivity contribution in [1.29, 1.82) is 0 Å². The Labute approximate surface area is 144 Å². The van der Waals surface area contributed by atoms with Crippen LogP contribution in [-0.4, -0.2) is 30.6 Å². The van der Waals surface area contributed by atoms with Gasteiger partial charge in [-0.2, -0.15) is 0 Å². The van der Waals surface area contributed by atoms with E-state index in [2.05, 4.69) is 17.6 Å². The zero-order chi connectivity index (χ0) is 15.4. The van der Waals surface area contributed by atoms with Gasteiger partial charge in [-0.3, -0.25) is 4.79 Å². The van der Waals surface area contributed by atoms with Crippen LogP contribution in [0.25, 0.3) is 0 Å². The Hall–Kier alpha value is -1.26. The second-order valence-corrected chi connectivity index (χ2v) is 6.52. The number of halogens is 1. The van der Waals surface area contributed by atoms with Gasteiger partial charge < -0.3 is 15.4 Å². The first-order valence-corrected chi connectivity index (χ1v) is 8.53. The highest BCUT2D eigenvalue weighted by atomic mass is 35.5. The van der Waals surface area contributed by atoms with E-state index in [9.17, 15) is 4.79 Å². The van der Waals surface area contributed by atoms with Crippen molar-refractivity contribution in [3.63, 3.8) is 0 Å². The number of ether oxygens (including phenoxy) is 1. The monoisotopic (exact) mass is 338 g/mol. The summed E-state index contributed by atoms with van der Waals surface area (Å²) in [5.74, 6) is 0.812.